The number of rotatable bonds is 7. The summed E-state index contributed by atoms with van der Waals surface area (Å²) in [6, 6.07) is 101. The van der Waals surface area contributed by atoms with Crippen molar-refractivity contribution in [3.8, 4) is 56.0 Å². The fraction of sp³-hybridized carbons (Fsp3) is 0.0843. The van der Waals surface area contributed by atoms with Crippen LogP contribution in [0.1, 0.15) is 57.4 Å². The molecule has 0 fully saturated rings. The summed E-state index contributed by atoms with van der Waals surface area (Å²) in [5.41, 5.74) is 27.4. The maximum Gasteiger partial charge on any atom is 0.0585 e. The summed E-state index contributed by atoms with van der Waals surface area (Å²) in [5, 5.41) is 6.36. The molecule has 2 aliphatic carbocycles. The lowest BCUT2D eigenvalue weighted by atomic mass is 9.81. The molecule has 17 rings (SSSR count). The minimum absolute atomic E-state index is 0. The number of benzene rings is 12. The Balaban J connectivity index is 0.000000158. The molecule has 426 valence electrons. The summed E-state index contributed by atoms with van der Waals surface area (Å²) in [6.45, 7) is 15.4. The van der Waals surface area contributed by atoms with Crippen molar-refractivity contribution in [2.24, 2.45) is 0 Å². The van der Waals surface area contributed by atoms with Crippen LogP contribution in [-0.4, -0.2) is 14.1 Å². The van der Waals surface area contributed by atoms with Crippen molar-refractivity contribution in [1.29, 1.82) is 0 Å². The van der Waals surface area contributed by atoms with Crippen LogP contribution in [0.5, 0.6) is 0 Å². The second-order valence-corrected chi connectivity index (χ2v) is 24.8. The number of aromatic amines is 1. The van der Waals surface area contributed by atoms with Crippen molar-refractivity contribution >= 4 is 87.5 Å². The molecule has 3 heterocycles. The zero-order valence-electron chi connectivity index (χ0n) is 49.2. The van der Waals surface area contributed by atoms with E-state index >= 15 is 0 Å². The monoisotopic (exact) mass is 1200 g/mol. The smallest absolute Gasteiger partial charge is 0.0585 e. The third-order valence-corrected chi connectivity index (χ3v) is 18.9. The topological polar surface area (TPSA) is 28.9 Å². The summed E-state index contributed by atoms with van der Waals surface area (Å²) in [7, 11) is 0. The molecule has 5 heteroatoms. The molecule has 0 saturated heterocycles. The molecule has 0 amide bonds. The molecule has 0 spiro atoms. The zero-order chi connectivity index (χ0) is 59.1. The van der Waals surface area contributed by atoms with Crippen LogP contribution in [0.2, 0.25) is 0 Å². The van der Waals surface area contributed by atoms with Gasteiger partial charge in [0.05, 0.1) is 27.8 Å². The highest BCUT2D eigenvalue weighted by atomic mass is 79.9. The predicted octanol–water partition coefficient (Wildman–Crippen LogP) is 23.7. The molecule has 0 bridgehead atoms. The first-order valence-electron chi connectivity index (χ1n) is 29.9. The van der Waals surface area contributed by atoms with Crippen LogP contribution in [0.25, 0.3) is 111 Å². The molecule has 2 aliphatic rings. The Hall–Kier alpha value is -10.2. The van der Waals surface area contributed by atoms with Gasteiger partial charge in [-0.15, -0.1) is 13.2 Å². The first-order chi connectivity index (χ1) is 42.6. The van der Waals surface area contributed by atoms with Gasteiger partial charge in [-0.05, 0) is 165 Å². The van der Waals surface area contributed by atoms with E-state index in [0.29, 0.717) is 0 Å². The maximum absolute atomic E-state index is 3.92. The maximum atomic E-state index is 3.92. The van der Waals surface area contributed by atoms with Gasteiger partial charge in [-0.2, -0.15) is 0 Å². The lowest BCUT2D eigenvalue weighted by Gasteiger charge is -2.28. The van der Waals surface area contributed by atoms with E-state index in [0.717, 1.165) is 21.4 Å². The Labute approximate surface area is 524 Å². The van der Waals surface area contributed by atoms with Crippen molar-refractivity contribution in [3.63, 3.8) is 0 Å². The Bertz CT molecular complexity index is 5120. The van der Waals surface area contributed by atoms with Crippen LogP contribution in [-0.2, 0) is 10.8 Å². The van der Waals surface area contributed by atoms with Gasteiger partial charge in [0.2, 0.25) is 0 Å². The van der Waals surface area contributed by atoms with Gasteiger partial charge in [0.15, 0.2) is 0 Å². The SMILES string of the molecule is C.C=C.CC1(C)c2ccccc2-c2c1c1c3[nH]c4ccc(-c5ccc6c(c5)c5ccccc5n6-c5ccccc5)cc4c3ccc1n2-c1ccccc1.CC1(C)c2ccccc2-c2ccc(N(c3ccc(Br)cc3)c3ccc(-c4ccccc4)cc3)cc21. The number of H-pyrrole nitrogens is 1. The van der Waals surface area contributed by atoms with Crippen LogP contribution >= 0.6 is 15.9 Å². The van der Waals surface area contributed by atoms with Gasteiger partial charge >= 0.3 is 0 Å². The van der Waals surface area contributed by atoms with Crippen LogP contribution in [0, 0.1) is 0 Å². The van der Waals surface area contributed by atoms with E-state index in [1.165, 1.54) is 133 Å². The lowest BCUT2D eigenvalue weighted by molar-refractivity contribution is 0.660. The van der Waals surface area contributed by atoms with Crippen LogP contribution in [0.15, 0.2) is 297 Å². The molecule has 15 aromatic rings. The molecular formula is C83H67BrN4. The van der Waals surface area contributed by atoms with E-state index in [1.807, 2.05) is 0 Å². The van der Waals surface area contributed by atoms with Crippen molar-refractivity contribution in [2.75, 3.05) is 4.90 Å². The Morgan fingerprint density at radius 1 is 0.375 bits per heavy atom. The number of hydrogen-bond acceptors (Lipinski definition) is 1. The molecule has 12 aromatic carbocycles. The van der Waals surface area contributed by atoms with Gasteiger partial charge in [-0.3, -0.25) is 0 Å². The minimum atomic E-state index is -0.144. The normalized spacial score (nSPS) is 13.0. The van der Waals surface area contributed by atoms with Gasteiger partial charge in [-0.25, -0.2) is 0 Å². The van der Waals surface area contributed by atoms with E-state index in [9.17, 15) is 0 Å². The molecule has 1 N–H and O–H groups in total. The largest absolute Gasteiger partial charge is 0.354 e. The molecule has 88 heavy (non-hydrogen) atoms. The summed E-state index contributed by atoms with van der Waals surface area (Å²) >= 11 is 3.60. The highest BCUT2D eigenvalue weighted by molar-refractivity contribution is 9.10. The van der Waals surface area contributed by atoms with E-state index < -0.39 is 0 Å². The molecule has 0 aliphatic heterocycles. The summed E-state index contributed by atoms with van der Waals surface area (Å²) in [5.74, 6) is 0. The Morgan fingerprint density at radius 3 is 1.57 bits per heavy atom. The number of para-hydroxylation sites is 3. The molecule has 0 unspecified atom stereocenters. The third kappa shape index (κ3) is 8.86. The second-order valence-electron chi connectivity index (χ2n) is 23.9. The number of hydrogen-bond donors (Lipinski definition) is 1. The van der Waals surface area contributed by atoms with Crippen LogP contribution in [0.4, 0.5) is 17.1 Å². The number of fused-ring (bicyclic) bond motifs is 15. The first-order valence-corrected chi connectivity index (χ1v) is 30.7. The summed E-state index contributed by atoms with van der Waals surface area (Å²) < 4.78 is 5.93. The molecular weight excluding hydrogens is 1130 g/mol. The zero-order valence-corrected chi connectivity index (χ0v) is 50.8. The van der Waals surface area contributed by atoms with E-state index in [2.05, 4.69) is 355 Å². The fourth-order valence-corrected chi connectivity index (χ4v) is 14.6. The molecule has 0 saturated carbocycles. The van der Waals surface area contributed by atoms with Crippen molar-refractivity contribution in [3.05, 3.63) is 319 Å². The lowest BCUT2D eigenvalue weighted by Crippen LogP contribution is -2.16. The minimum Gasteiger partial charge on any atom is -0.354 e. The number of nitrogens with one attached hydrogen (secondary N) is 1. The van der Waals surface area contributed by atoms with Gasteiger partial charge in [-0.1, -0.05) is 221 Å². The van der Waals surface area contributed by atoms with Gasteiger partial charge in [0, 0.05) is 81.8 Å². The van der Waals surface area contributed by atoms with Gasteiger partial charge in [0.1, 0.15) is 0 Å². The number of anilines is 3. The van der Waals surface area contributed by atoms with Crippen molar-refractivity contribution in [1.82, 2.24) is 14.1 Å². The molecule has 0 atom stereocenters. The van der Waals surface area contributed by atoms with Gasteiger partial charge in [0.25, 0.3) is 0 Å². The first kappa shape index (κ1) is 55.7. The molecule has 0 radical (unpaired) electrons. The standard InChI is InChI=1S/C47H33N3.C33H26BrN.C2H4.CH4/c1-47(2)38-19-11-9-18-35(38)46-44(47)43-42(50(46)32-15-7-4-8-16-32)26-23-34-36-27-29(21-24-39(36)48-45(34)43)30-22-25-41-37(28-30)33-17-10-12-20-40(33)49(41)31-13-5-3-6-14-31;1-33(2)31-11-7-6-10-29(31)30-21-20-28(22-32(30)33)35(27-18-14-25(34)15-19-27)26-16-12-24(13-17-26)23-8-4-3-5-9-23;1-2;/h3-28,48H,1-2H3;3-22H,1-2H3;1-2H2;1H4. The van der Waals surface area contributed by atoms with Gasteiger partial charge < -0.3 is 19.0 Å². The summed E-state index contributed by atoms with van der Waals surface area (Å²) in [4.78, 5) is 6.27. The van der Waals surface area contributed by atoms with Crippen LogP contribution < -0.4 is 4.90 Å². The van der Waals surface area contributed by atoms with Crippen molar-refractivity contribution in [2.45, 2.75) is 46.0 Å². The average molecular weight is 1200 g/mol. The number of aromatic nitrogens is 3. The Kier molecular flexibility index (Phi) is 13.9. The van der Waals surface area contributed by atoms with Crippen molar-refractivity contribution < 1.29 is 0 Å². The molecule has 3 aromatic heterocycles. The highest BCUT2D eigenvalue weighted by Crippen LogP contribution is 2.56. The van der Waals surface area contributed by atoms with E-state index in [1.54, 1.807) is 0 Å². The Morgan fingerprint density at radius 2 is 0.875 bits per heavy atom. The average Bonchev–Trinajstić information content (AvgIpc) is 1.62. The number of nitrogens with zero attached hydrogens (tertiary/aromatic N) is 3. The van der Waals surface area contributed by atoms with E-state index in [-0.39, 0.29) is 18.3 Å². The quantitative estimate of drug-likeness (QED) is 0.158. The highest BCUT2D eigenvalue weighted by Gasteiger charge is 2.41. The third-order valence-electron chi connectivity index (χ3n) is 18.4. The van der Waals surface area contributed by atoms with Crippen LogP contribution in [0.3, 0.4) is 0 Å². The predicted molar refractivity (Wildman–Crippen MR) is 380 cm³/mol. The fourth-order valence-electron chi connectivity index (χ4n) is 14.3. The molecule has 4 nitrogen and oxygen atoms in total. The van der Waals surface area contributed by atoms with E-state index in [4.69, 9.17) is 0 Å². The number of halogens is 1. The second kappa shape index (κ2) is 21.9. The summed E-state index contributed by atoms with van der Waals surface area (Å²) in [6.07, 6.45) is 0.